The molecular formula is C16H23NO4. The first kappa shape index (κ1) is 17.0. The number of carboxylic acid groups (broad SMARTS) is 1. The molecule has 116 valence electrons. The minimum Gasteiger partial charge on any atom is -0.478 e. The number of nitrogens with one attached hydrogen (secondary N) is 1. The van der Waals surface area contributed by atoms with E-state index in [9.17, 15) is 14.7 Å². The van der Waals surface area contributed by atoms with E-state index in [1.165, 1.54) is 0 Å². The second-order valence-electron chi connectivity index (χ2n) is 4.86. The fraction of sp³-hybridized carbons (Fsp3) is 0.500. The van der Waals surface area contributed by atoms with E-state index in [0.717, 1.165) is 31.2 Å². The Balaban J connectivity index is 2.85. The van der Waals surface area contributed by atoms with Crippen LogP contribution in [-0.2, 0) is 11.2 Å². The van der Waals surface area contributed by atoms with E-state index < -0.39 is 12.1 Å². The highest BCUT2D eigenvalue weighted by molar-refractivity contribution is 6.00. The molecule has 0 saturated carbocycles. The summed E-state index contributed by atoms with van der Waals surface area (Å²) >= 11 is 0. The molecule has 5 heteroatoms. The van der Waals surface area contributed by atoms with Crippen molar-refractivity contribution < 1.29 is 19.4 Å². The van der Waals surface area contributed by atoms with Crippen LogP contribution in [0.1, 0.15) is 55.5 Å². The lowest BCUT2D eigenvalue weighted by molar-refractivity contribution is 0.0697. The average Bonchev–Trinajstić information content (AvgIpc) is 2.45. The summed E-state index contributed by atoms with van der Waals surface area (Å²) < 4.78 is 5.00. The van der Waals surface area contributed by atoms with Crippen molar-refractivity contribution in [3.63, 3.8) is 0 Å². The second-order valence-corrected chi connectivity index (χ2v) is 4.86. The highest BCUT2D eigenvalue weighted by Gasteiger charge is 2.17. The minimum absolute atomic E-state index is 0.151. The smallest absolute Gasteiger partial charge is 0.411 e. The molecule has 0 radical (unpaired) electrons. The quantitative estimate of drug-likeness (QED) is 0.708. The maximum Gasteiger partial charge on any atom is 0.411 e. The number of aryl methyl sites for hydroxylation is 1. The molecule has 0 aromatic heterocycles. The molecular weight excluding hydrogens is 270 g/mol. The van der Waals surface area contributed by atoms with Gasteiger partial charge >= 0.3 is 12.1 Å². The first-order chi connectivity index (χ1) is 10.1. The molecule has 0 aliphatic carbocycles. The number of amides is 1. The van der Waals surface area contributed by atoms with Crippen molar-refractivity contribution in [3.8, 4) is 0 Å². The molecule has 0 bridgehead atoms. The summed E-state index contributed by atoms with van der Waals surface area (Å²) in [5.41, 5.74) is 1.17. The van der Waals surface area contributed by atoms with Crippen LogP contribution in [0.3, 0.4) is 0 Å². The first-order valence-electron chi connectivity index (χ1n) is 7.39. The molecule has 5 nitrogen and oxygen atoms in total. The number of hydrogen-bond acceptors (Lipinski definition) is 3. The zero-order valence-electron chi connectivity index (χ0n) is 12.6. The van der Waals surface area contributed by atoms with E-state index in [1.54, 1.807) is 18.2 Å². The van der Waals surface area contributed by atoms with Gasteiger partial charge in [-0.2, -0.15) is 0 Å². The van der Waals surface area contributed by atoms with Gasteiger partial charge < -0.3 is 9.84 Å². The predicted molar refractivity (Wildman–Crippen MR) is 81.9 cm³/mol. The van der Waals surface area contributed by atoms with E-state index in [1.807, 2.05) is 13.8 Å². The number of carboxylic acids is 1. The van der Waals surface area contributed by atoms with Crippen LogP contribution in [0.2, 0.25) is 0 Å². The fourth-order valence-electron chi connectivity index (χ4n) is 1.99. The van der Waals surface area contributed by atoms with E-state index in [-0.39, 0.29) is 11.3 Å². The van der Waals surface area contributed by atoms with Crippen molar-refractivity contribution in [2.75, 3.05) is 11.9 Å². The third-order valence-electron chi connectivity index (χ3n) is 3.13. The Morgan fingerprint density at radius 1 is 1.19 bits per heavy atom. The molecule has 21 heavy (non-hydrogen) atoms. The average molecular weight is 293 g/mol. The molecule has 2 N–H and O–H groups in total. The van der Waals surface area contributed by atoms with Crippen molar-refractivity contribution >= 4 is 17.7 Å². The Labute approximate surface area is 125 Å². The highest BCUT2D eigenvalue weighted by atomic mass is 16.5. The minimum atomic E-state index is -1.04. The summed E-state index contributed by atoms with van der Waals surface area (Å²) in [5, 5.41) is 11.9. The SMILES string of the molecule is CCCCOC(=O)Nc1cccc(CCCC)c1C(=O)O. The molecule has 1 rings (SSSR count). The van der Waals surface area contributed by atoms with Crippen LogP contribution in [0.25, 0.3) is 0 Å². The van der Waals surface area contributed by atoms with Crippen LogP contribution in [0.4, 0.5) is 10.5 Å². The Bertz CT molecular complexity index is 485. The largest absolute Gasteiger partial charge is 0.478 e. The molecule has 0 heterocycles. The summed E-state index contributed by atoms with van der Waals surface area (Å²) in [4.78, 5) is 23.1. The lowest BCUT2D eigenvalue weighted by Crippen LogP contribution is -2.17. The van der Waals surface area contributed by atoms with Crippen LogP contribution in [0.15, 0.2) is 18.2 Å². The Morgan fingerprint density at radius 3 is 2.52 bits per heavy atom. The van der Waals surface area contributed by atoms with E-state index >= 15 is 0 Å². The molecule has 1 amide bonds. The Morgan fingerprint density at radius 2 is 1.90 bits per heavy atom. The van der Waals surface area contributed by atoms with Gasteiger partial charge in [0.2, 0.25) is 0 Å². The van der Waals surface area contributed by atoms with Crippen molar-refractivity contribution in [2.24, 2.45) is 0 Å². The van der Waals surface area contributed by atoms with E-state index in [2.05, 4.69) is 5.32 Å². The summed E-state index contributed by atoms with van der Waals surface area (Å²) in [5.74, 6) is -1.04. The number of carbonyl (C=O) groups excluding carboxylic acids is 1. The van der Waals surface area contributed by atoms with Crippen molar-refractivity contribution in [1.82, 2.24) is 0 Å². The topological polar surface area (TPSA) is 75.6 Å². The van der Waals surface area contributed by atoms with Crippen LogP contribution in [-0.4, -0.2) is 23.8 Å². The van der Waals surface area contributed by atoms with Gasteiger partial charge in [0.1, 0.15) is 0 Å². The lowest BCUT2D eigenvalue weighted by Gasteiger charge is -2.12. The molecule has 0 aliphatic rings. The van der Waals surface area contributed by atoms with Crippen molar-refractivity contribution in [1.29, 1.82) is 0 Å². The number of aromatic carboxylic acids is 1. The van der Waals surface area contributed by atoms with Crippen LogP contribution in [0, 0.1) is 0 Å². The molecule has 0 fully saturated rings. The highest BCUT2D eigenvalue weighted by Crippen LogP contribution is 2.22. The maximum atomic E-state index is 11.7. The van der Waals surface area contributed by atoms with Gasteiger partial charge in [0.15, 0.2) is 0 Å². The monoisotopic (exact) mass is 293 g/mol. The summed E-state index contributed by atoms with van der Waals surface area (Å²) in [6.07, 6.45) is 3.67. The third-order valence-corrected chi connectivity index (χ3v) is 3.13. The molecule has 0 aliphatic heterocycles. The van der Waals surface area contributed by atoms with E-state index in [0.29, 0.717) is 13.0 Å². The fourth-order valence-corrected chi connectivity index (χ4v) is 1.99. The lowest BCUT2D eigenvalue weighted by atomic mass is 10.0. The predicted octanol–water partition coefficient (Wildman–Crippen LogP) is 4.08. The number of rotatable bonds is 8. The van der Waals surface area contributed by atoms with Gasteiger partial charge in [0.25, 0.3) is 0 Å². The number of anilines is 1. The molecule has 0 atom stereocenters. The van der Waals surface area contributed by atoms with Gasteiger partial charge in [-0.15, -0.1) is 0 Å². The summed E-state index contributed by atoms with van der Waals surface area (Å²) in [6.45, 7) is 4.38. The second kappa shape index (κ2) is 9.00. The number of unbranched alkanes of at least 4 members (excludes halogenated alkanes) is 2. The molecule has 1 aromatic rings. The number of carbonyl (C=O) groups is 2. The normalized spacial score (nSPS) is 10.2. The zero-order chi connectivity index (χ0) is 15.7. The van der Waals surface area contributed by atoms with Crippen molar-refractivity contribution in [3.05, 3.63) is 29.3 Å². The number of benzene rings is 1. The Kier molecular flexibility index (Phi) is 7.29. The standard InChI is InChI=1S/C16H23NO4/c1-3-5-8-12-9-7-10-13(14(12)15(18)19)17-16(20)21-11-6-4-2/h7,9-10H,3-6,8,11H2,1-2H3,(H,17,20)(H,18,19). The van der Waals surface area contributed by atoms with Gasteiger partial charge in [-0.3, -0.25) is 5.32 Å². The molecule has 0 unspecified atom stereocenters. The van der Waals surface area contributed by atoms with Crippen LogP contribution >= 0.6 is 0 Å². The van der Waals surface area contributed by atoms with Gasteiger partial charge in [0, 0.05) is 0 Å². The van der Waals surface area contributed by atoms with Gasteiger partial charge in [0.05, 0.1) is 17.9 Å². The maximum absolute atomic E-state index is 11.7. The van der Waals surface area contributed by atoms with Gasteiger partial charge in [-0.25, -0.2) is 9.59 Å². The Hall–Kier alpha value is -2.04. The first-order valence-corrected chi connectivity index (χ1v) is 7.39. The summed E-state index contributed by atoms with van der Waals surface area (Å²) in [7, 11) is 0. The van der Waals surface area contributed by atoms with Gasteiger partial charge in [-0.05, 0) is 30.9 Å². The van der Waals surface area contributed by atoms with Crippen molar-refractivity contribution in [2.45, 2.75) is 46.0 Å². The number of hydrogen-bond donors (Lipinski definition) is 2. The summed E-state index contributed by atoms with van der Waals surface area (Å²) in [6, 6.07) is 5.12. The molecule has 1 aromatic carbocycles. The number of ether oxygens (including phenoxy) is 1. The third kappa shape index (κ3) is 5.45. The van der Waals surface area contributed by atoms with Gasteiger partial charge in [-0.1, -0.05) is 38.8 Å². The van der Waals surface area contributed by atoms with E-state index in [4.69, 9.17) is 4.74 Å². The zero-order valence-corrected chi connectivity index (χ0v) is 12.6. The van der Waals surface area contributed by atoms with Crippen LogP contribution in [0.5, 0.6) is 0 Å². The molecule has 0 spiro atoms. The molecule has 0 saturated heterocycles. The van der Waals surface area contributed by atoms with Crippen LogP contribution < -0.4 is 5.32 Å².